The number of anilines is 1. The van der Waals surface area contributed by atoms with Crippen molar-refractivity contribution in [2.45, 2.75) is 38.9 Å². The SMILES string of the molecule is CC(C)(C)OC(=O)N1CCC(Oc2ccccc2N2CCNCC2)C1. The van der Waals surface area contributed by atoms with Crippen LogP contribution in [0.1, 0.15) is 27.2 Å². The van der Waals surface area contributed by atoms with Crippen molar-refractivity contribution >= 4 is 11.8 Å². The van der Waals surface area contributed by atoms with E-state index in [0.29, 0.717) is 13.1 Å². The minimum absolute atomic E-state index is 0.0107. The van der Waals surface area contributed by atoms with Crippen LogP contribution >= 0.6 is 0 Å². The number of hydrogen-bond donors (Lipinski definition) is 1. The van der Waals surface area contributed by atoms with E-state index >= 15 is 0 Å². The Morgan fingerprint density at radius 3 is 2.60 bits per heavy atom. The van der Waals surface area contributed by atoms with Crippen LogP contribution in [0, 0.1) is 0 Å². The lowest BCUT2D eigenvalue weighted by molar-refractivity contribution is 0.0276. The molecule has 2 heterocycles. The summed E-state index contributed by atoms with van der Waals surface area (Å²) in [5, 5.41) is 3.37. The van der Waals surface area contributed by atoms with Gasteiger partial charge in [-0.2, -0.15) is 0 Å². The molecule has 1 amide bonds. The molecule has 1 aromatic rings. The van der Waals surface area contributed by atoms with Crippen molar-refractivity contribution in [1.29, 1.82) is 0 Å². The first-order valence-electron chi connectivity index (χ1n) is 9.12. The van der Waals surface area contributed by atoms with Gasteiger partial charge >= 0.3 is 6.09 Å². The van der Waals surface area contributed by atoms with Crippen molar-refractivity contribution in [3.05, 3.63) is 24.3 Å². The lowest BCUT2D eigenvalue weighted by Crippen LogP contribution is -2.43. The Hall–Kier alpha value is -1.95. The van der Waals surface area contributed by atoms with E-state index in [1.165, 1.54) is 0 Å². The third-order valence-electron chi connectivity index (χ3n) is 4.41. The summed E-state index contributed by atoms with van der Waals surface area (Å²) in [6.45, 7) is 10.9. The van der Waals surface area contributed by atoms with Gasteiger partial charge in [0.2, 0.25) is 0 Å². The first-order valence-corrected chi connectivity index (χ1v) is 9.12. The minimum atomic E-state index is -0.467. The van der Waals surface area contributed by atoms with E-state index in [-0.39, 0.29) is 12.2 Å². The number of nitrogens with one attached hydrogen (secondary N) is 1. The van der Waals surface area contributed by atoms with Crippen molar-refractivity contribution in [2.24, 2.45) is 0 Å². The van der Waals surface area contributed by atoms with Crippen LogP contribution < -0.4 is 15.0 Å². The average Bonchev–Trinajstić information content (AvgIpc) is 3.03. The van der Waals surface area contributed by atoms with Crippen LogP contribution in [-0.4, -0.2) is 62.0 Å². The molecule has 1 unspecified atom stereocenters. The van der Waals surface area contributed by atoms with E-state index in [1.54, 1.807) is 4.90 Å². The normalized spacial score (nSPS) is 21.3. The minimum Gasteiger partial charge on any atom is -0.486 e. The molecule has 0 aliphatic carbocycles. The van der Waals surface area contributed by atoms with E-state index in [1.807, 2.05) is 39.0 Å². The maximum absolute atomic E-state index is 12.2. The van der Waals surface area contributed by atoms with Crippen LogP contribution in [0.5, 0.6) is 5.75 Å². The fourth-order valence-corrected chi connectivity index (χ4v) is 3.22. The van der Waals surface area contributed by atoms with Gasteiger partial charge in [0.05, 0.1) is 12.2 Å². The number of nitrogens with zero attached hydrogens (tertiary/aromatic N) is 2. The molecule has 0 radical (unpaired) electrons. The fraction of sp³-hybridized carbons (Fsp3) is 0.632. The zero-order chi connectivity index (χ0) is 17.9. The molecule has 1 aromatic carbocycles. The maximum atomic E-state index is 12.2. The fourth-order valence-electron chi connectivity index (χ4n) is 3.22. The van der Waals surface area contributed by atoms with Crippen LogP contribution in [0.2, 0.25) is 0 Å². The van der Waals surface area contributed by atoms with Crippen molar-refractivity contribution < 1.29 is 14.3 Å². The Balaban J connectivity index is 1.61. The molecule has 6 nitrogen and oxygen atoms in total. The highest BCUT2D eigenvalue weighted by Crippen LogP contribution is 2.30. The number of ether oxygens (including phenoxy) is 2. The van der Waals surface area contributed by atoms with Gasteiger partial charge in [-0.25, -0.2) is 4.79 Å². The van der Waals surface area contributed by atoms with Crippen molar-refractivity contribution in [2.75, 3.05) is 44.2 Å². The van der Waals surface area contributed by atoms with Gasteiger partial charge < -0.3 is 24.6 Å². The number of carbonyl (C=O) groups excluding carboxylic acids is 1. The zero-order valence-electron chi connectivity index (χ0n) is 15.5. The Bertz CT molecular complexity index is 594. The van der Waals surface area contributed by atoms with E-state index < -0.39 is 5.60 Å². The number of benzene rings is 1. The van der Waals surface area contributed by atoms with Crippen LogP contribution in [0.4, 0.5) is 10.5 Å². The molecule has 0 spiro atoms. The lowest BCUT2D eigenvalue weighted by atomic mass is 10.2. The van der Waals surface area contributed by atoms with Gasteiger partial charge in [0.25, 0.3) is 0 Å². The van der Waals surface area contributed by atoms with E-state index in [2.05, 4.69) is 16.3 Å². The van der Waals surface area contributed by atoms with Crippen LogP contribution in [0.15, 0.2) is 24.3 Å². The molecular formula is C19H29N3O3. The van der Waals surface area contributed by atoms with Gasteiger partial charge in [0.1, 0.15) is 17.5 Å². The molecule has 1 atom stereocenters. The molecular weight excluding hydrogens is 318 g/mol. The molecule has 2 aliphatic rings. The molecule has 2 aliphatic heterocycles. The second-order valence-corrected chi connectivity index (χ2v) is 7.66. The molecule has 6 heteroatoms. The number of amides is 1. The smallest absolute Gasteiger partial charge is 0.410 e. The summed E-state index contributed by atoms with van der Waals surface area (Å²) in [6.07, 6.45) is 0.584. The summed E-state index contributed by atoms with van der Waals surface area (Å²) in [5.74, 6) is 0.903. The molecule has 25 heavy (non-hydrogen) atoms. The molecule has 2 saturated heterocycles. The van der Waals surface area contributed by atoms with Gasteiger partial charge in [0, 0.05) is 39.1 Å². The molecule has 2 fully saturated rings. The van der Waals surface area contributed by atoms with E-state index in [9.17, 15) is 4.79 Å². The van der Waals surface area contributed by atoms with Gasteiger partial charge in [0.15, 0.2) is 0 Å². The topological polar surface area (TPSA) is 54.0 Å². The van der Waals surface area contributed by atoms with Gasteiger partial charge in [-0.3, -0.25) is 0 Å². The highest BCUT2D eigenvalue weighted by Gasteiger charge is 2.31. The Labute approximate surface area is 150 Å². The number of para-hydroxylation sites is 2. The quantitative estimate of drug-likeness (QED) is 0.910. The van der Waals surface area contributed by atoms with Crippen LogP contribution in [-0.2, 0) is 4.74 Å². The number of carbonyl (C=O) groups is 1. The highest BCUT2D eigenvalue weighted by atomic mass is 16.6. The Morgan fingerprint density at radius 2 is 1.88 bits per heavy atom. The van der Waals surface area contributed by atoms with Gasteiger partial charge in [-0.15, -0.1) is 0 Å². The largest absolute Gasteiger partial charge is 0.486 e. The third kappa shape index (κ3) is 4.78. The summed E-state index contributed by atoms with van der Waals surface area (Å²) < 4.78 is 11.7. The molecule has 3 rings (SSSR count). The second-order valence-electron chi connectivity index (χ2n) is 7.66. The number of likely N-dealkylation sites (tertiary alicyclic amines) is 1. The first-order chi connectivity index (χ1) is 11.9. The first kappa shape index (κ1) is 17.9. The number of rotatable bonds is 3. The predicted molar refractivity (Wildman–Crippen MR) is 98.4 cm³/mol. The summed E-state index contributed by atoms with van der Waals surface area (Å²) in [5.41, 5.74) is 0.671. The van der Waals surface area contributed by atoms with E-state index in [0.717, 1.165) is 44.0 Å². The highest BCUT2D eigenvalue weighted by molar-refractivity contribution is 5.68. The average molecular weight is 347 g/mol. The summed E-state index contributed by atoms with van der Waals surface area (Å²) in [6, 6.07) is 8.18. The third-order valence-corrected chi connectivity index (χ3v) is 4.41. The Morgan fingerprint density at radius 1 is 1.16 bits per heavy atom. The molecule has 0 aromatic heterocycles. The summed E-state index contributed by atoms with van der Waals surface area (Å²) in [7, 11) is 0. The standard InChI is InChI=1S/C19H29N3O3/c1-19(2,3)25-18(23)22-11-8-15(14-22)24-17-7-5-4-6-16(17)21-12-9-20-10-13-21/h4-7,15,20H,8-14H2,1-3H3. The summed E-state index contributed by atoms with van der Waals surface area (Å²) >= 11 is 0. The number of piperazine rings is 1. The van der Waals surface area contributed by atoms with Gasteiger partial charge in [-0.1, -0.05) is 12.1 Å². The monoisotopic (exact) mass is 347 g/mol. The predicted octanol–water partition coefficient (Wildman–Crippen LogP) is 2.48. The van der Waals surface area contributed by atoms with Crippen molar-refractivity contribution in [1.82, 2.24) is 10.2 Å². The van der Waals surface area contributed by atoms with Crippen LogP contribution in [0.3, 0.4) is 0 Å². The molecule has 138 valence electrons. The lowest BCUT2D eigenvalue weighted by Gasteiger charge is -2.31. The number of hydrogen-bond acceptors (Lipinski definition) is 5. The van der Waals surface area contributed by atoms with Gasteiger partial charge in [-0.05, 0) is 32.9 Å². The van der Waals surface area contributed by atoms with Crippen LogP contribution in [0.25, 0.3) is 0 Å². The Kier molecular flexibility index (Phi) is 5.37. The van der Waals surface area contributed by atoms with Crippen molar-refractivity contribution in [3.63, 3.8) is 0 Å². The van der Waals surface area contributed by atoms with E-state index in [4.69, 9.17) is 9.47 Å². The molecule has 1 N–H and O–H groups in total. The second kappa shape index (κ2) is 7.52. The molecule has 0 saturated carbocycles. The van der Waals surface area contributed by atoms with Crippen molar-refractivity contribution in [3.8, 4) is 5.75 Å². The summed E-state index contributed by atoms with van der Waals surface area (Å²) in [4.78, 5) is 16.3. The molecule has 0 bridgehead atoms. The maximum Gasteiger partial charge on any atom is 0.410 e. The zero-order valence-corrected chi connectivity index (χ0v) is 15.5.